The van der Waals surface area contributed by atoms with Gasteiger partial charge in [-0.05, 0) is 38.5 Å². The molecule has 0 heterocycles. The second kappa shape index (κ2) is 45.4. The normalized spacial score (nSPS) is 14.1. The molecule has 2 N–H and O–H groups in total. The van der Waals surface area contributed by atoms with E-state index in [1.54, 1.807) is 0 Å². The number of rotatable bonds is 50. The Labute approximate surface area is 386 Å². The van der Waals surface area contributed by atoms with E-state index in [0.717, 1.165) is 38.5 Å². The maximum absolute atomic E-state index is 12.9. The van der Waals surface area contributed by atoms with Crippen molar-refractivity contribution in [1.29, 1.82) is 0 Å². The lowest BCUT2D eigenvalue weighted by atomic mass is 10.0. The number of quaternary nitrogens is 1. The highest BCUT2D eigenvalue weighted by atomic mass is 31.2. The minimum atomic E-state index is -4.57. The highest BCUT2D eigenvalue weighted by Gasteiger charge is 2.24. The minimum Gasteiger partial charge on any atom is -0.756 e. The van der Waals surface area contributed by atoms with Gasteiger partial charge in [0, 0.05) is 6.42 Å². The first-order chi connectivity index (χ1) is 30.0. The van der Waals surface area contributed by atoms with Crippen molar-refractivity contribution in [2.45, 2.75) is 283 Å². The predicted octanol–water partition coefficient (Wildman–Crippen LogP) is 15.2. The number of phosphoric acid groups is 1. The Morgan fingerprint density at radius 3 is 1.26 bits per heavy atom. The molecule has 0 aliphatic heterocycles. The Hall–Kier alpha value is -0.760. The molecule has 0 saturated heterocycles. The molecule has 3 atom stereocenters. The Kier molecular flexibility index (Phi) is 44.8. The Morgan fingerprint density at radius 2 is 0.887 bits per heavy atom. The Bertz CT molecular complexity index is 1020. The first kappa shape index (κ1) is 61.2. The molecule has 0 aliphatic rings. The summed E-state index contributed by atoms with van der Waals surface area (Å²) < 4.78 is 23.4. The van der Waals surface area contributed by atoms with Crippen LogP contribution < -0.4 is 10.2 Å². The molecular formula is C53H107N2O6P. The molecule has 0 aliphatic carbocycles. The molecule has 8 nitrogen and oxygen atoms in total. The van der Waals surface area contributed by atoms with Crippen molar-refractivity contribution in [3.05, 3.63) is 12.2 Å². The van der Waals surface area contributed by atoms with E-state index in [-0.39, 0.29) is 19.1 Å². The second-order valence-corrected chi connectivity index (χ2v) is 21.4. The zero-order valence-electron chi connectivity index (χ0n) is 42.1. The summed E-state index contributed by atoms with van der Waals surface area (Å²) in [6.07, 6.45) is 53.7. The average Bonchev–Trinajstić information content (AvgIpc) is 3.23. The number of nitrogens with one attached hydrogen (secondary N) is 1. The molecule has 3 unspecified atom stereocenters. The molecule has 0 radical (unpaired) electrons. The fourth-order valence-electron chi connectivity index (χ4n) is 8.21. The first-order valence-corrected chi connectivity index (χ1v) is 28.5. The van der Waals surface area contributed by atoms with E-state index < -0.39 is 20.0 Å². The van der Waals surface area contributed by atoms with Gasteiger partial charge in [-0.3, -0.25) is 9.36 Å². The highest BCUT2D eigenvalue weighted by Crippen LogP contribution is 2.38. The number of phosphoric ester groups is 1. The quantitative estimate of drug-likeness (QED) is 0.0272. The lowest BCUT2D eigenvalue weighted by Gasteiger charge is -2.30. The third-order valence-electron chi connectivity index (χ3n) is 12.5. The standard InChI is InChI=1S/C53H107N2O6P/c1-6-8-10-12-14-16-18-20-22-24-25-26-27-28-29-31-32-34-36-38-40-42-44-46-52(56)51(50-61-62(58,59)60-49-48-55(3,4)5)54-53(57)47-45-43-41-39-37-35-33-30-23-21-19-17-15-13-11-9-7-2/h21,23,51-52,56H,6-20,22,24-50H2,1-5H3,(H-,54,57,58,59)/b23-21-. The number of hydrogen-bond acceptors (Lipinski definition) is 6. The minimum absolute atomic E-state index is 0.0136. The summed E-state index contributed by atoms with van der Waals surface area (Å²) in [6.45, 7) is 4.75. The van der Waals surface area contributed by atoms with E-state index in [9.17, 15) is 19.4 Å². The monoisotopic (exact) mass is 899 g/mol. The van der Waals surface area contributed by atoms with Crippen LogP contribution >= 0.6 is 7.82 Å². The average molecular weight is 899 g/mol. The van der Waals surface area contributed by atoms with Crippen molar-refractivity contribution >= 4 is 13.7 Å². The molecule has 0 bridgehead atoms. The number of aliphatic hydroxyl groups excluding tert-OH is 1. The first-order valence-electron chi connectivity index (χ1n) is 27.0. The molecule has 0 aromatic heterocycles. The van der Waals surface area contributed by atoms with Gasteiger partial charge in [-0.2, -0.15) is 0 Å². The van der Waals surface area contributed by atoms with E-state index in [0.29, 0.717) is 23.9 Å². The number of nitrogens with zero attached hydrogens (tertiary/aromatic N) is 1. The summed E-state index contributed by atoms with van der Waals surface area (Å²) in [5.74, 6) is -0.165. The number of carbonyl (C=O) groups excluding carboxylic acids is 1. The number of allylic oxidation sites excluding steroid dienone is 2. The van der Waals surface area contributed by atoms with Crippen molar-refractivity contribution in [3.63, 3.8) is 0 Å². The van der Waals surface area contributed by atoms with Gasteiger partial charge in [0.15, 0.2) is 0 Å². The molecule has 0 aromatic carbocycles. The van der Waals surface area contributed by atoms with E-state index in [4.69, 9.17) is 9.05 Å². The SMILES string of the molecule is CCCCCCCC/C=C\CCCCCCCCCC(=O)NC(COP(=O)([O-])OCC[N+](C)(C)C)C(O)CCCCCCCCCCCCCCCCCCCCCCCCC. The van der Waals surface area contributed by atoms with E-state index in [1.165, 1.54) is 205 Å². The molecule has 0 aromatic rings. The van der Waals surface area contributed by atoms with Gasteiger partial charge in [-0.1, -0.05) is 238 Å². The van der Waals surface area contributed by atoms with Crippen LogP contribution in [0.15, 0.2) is 12.2 Å². The fraction of sp³-hybridized carbons (Fsp3) is 0.943. The molecule has 370 valence electrons. The maximum Gasteiger partial charge on any atom is 0.268 e. The van der Waals surface area contributed by atoms with Crippen LogP contribution in [0.4, 0.5) is 0 Å². The lowest BCUT2D eigenvalue weighted by Crippen LogP contribution is -2.46. The largest absolute Gasteiger partial charge is 0.756 e. The topological polar surface area (TPSA) is 108 Å². The Morgan fingerprint density at radius 1 is 0.548 bits per heavy atom. The van der Waals surface area contributed by atoms with Gasteiger partial charge in [0.2, 0.25) is 5.91 Å². The fourth-order valence-corrected chi connectivity index (χ4v) is 8.94. The van der Waals surface area contributed by atoms with E-state index >= 15 is 0 Å². The summed E-state index contributed by atoms with van der Waals surface area (Å²) in [5.41, 5.74) is 0. The zero-order valence-corrected chi connectivity index (χ0v) is 43.0. The van der Waals surface area contributed by atoms with Gasteiger partial charge in [0.25, 0.3) is 7.82 Å². The van der Waals surface area contributed by atoms with Gasteiger partial charge < -0.3 is 28.8 Å². The van der Waals surface area contributed by atoms with Crippen molar-refractivity contribution < 1.29 is 32.9 Å². The van der Waals surface area contributed by atoms with Gasteiger partial charge in [0.05, 0.1) is 39.9 Å². The van der Waals surface area contributed by atoms with E-state index in [2.05, 4.69) is 31.3 Å². The van der Waals surface area contributed by atoms with Crippen molar-refractivity contribution in [3.8, 4) is 0 Å². The smallest absolute Gasteiger partial charge is 0.268 e. The number of carbonyl (C=O) groups is 1. The summed E-state index contributed by atoms with van der Waals surface area (Å²) in [5, 5.41) is 14.0. The van der Waals surface area contributed by atoms with Crippen LogP contribution in [0.1, 0.15) is 271 Å². The third kappa shape index (κ3) is 47.2. The zero-order chi connectivity index (χ0) is 45.7. The molecule has 1 amide bonds. The van der Waals surface area contributed by atoms with Gasteiger partial charge >= 0.3 is 0 Å². The van der Waals surface area contributed by atoms with Crippen LogP contribution in [0, 0.1) is 0 Å². The van der Waals surface area contributed by atoms with Gasteiger partial charge in [-0.25, -0.2) is 0 Å². The third-order valence-corrected chi connectivity index (χ3v) is 13.5. The van der Waals surface area contributed by atoms with Gasteiger partial charge in [0.1, 0.15) is 13.2 Å². The molecular weight excluding hydrogens is 792 g/mol. The number of hydrogen-bond donors (Lipinski definition) is 2. The van der Waals surface area contributed by atoms with Crippen LogP contribution in [0.25, 0.3) is 0 Å². The maximum atomic E-state index is 12.9. The highest BCUT2D eigenvalue weighted by molar-refractivity contribution is 7.45. The molecule has 9 heteroatoms. The van der Waals surface area contributed by atoms with E-state index in [1.807, 2.05) is 21.1 Å². The van der Waals surface area contributed by atoms with Crippen LogP contribution in [-0.4, -0.2) is 68.5 Å². The molecule has 0 saturated carbocycles. The van der Waals surface area contributed by atoms with Gasteiger partial charge in [-0.15, -0.1) is 0 Å². The molecule has 62 heavy (non-hydrogen) atoms. The summed E-state index contributed by atoms with van der Waals surface area (Å²) in [7, 11) is 1.31. The Balaban J connectivity index is 4.19. The summed E-state index contributed by atoms with van der Waals surface area (Å²) in [6, 6.07) is -0.800. The summed E-state index contributed by atoms with van der Waals surface area (Å²) >= 11 is 0. The van der Waals surface area contributed by atoms with Crippen molar-refractivity contribution in [2.24, 2.45) is 0 Å². The molecule has 0 rings (SSSR count). The van der Waals surface area contributed by atoms with Crippen LogP contribution in [0.3, 0.4) is 0 Å². The number of aliphatic hydroxyl groups is 1. The summed E-state index contributed by atoms with van der Waals surface area (Å²) in [4.78, 5) is 25.5. The van der Waals surface area contributed by atoms with Crippen LogP contribution in [0.5, 0.6) is 0 Å². The number of likely N-dealkylation sites (N-methyl/N-ethyl adjacent to an activating group) is 1. The van der Waals surface area contributed by atoms with Crippen molar-refractivity contribution in [2.75, 3.05) is 40.9 Å². The van der Waals surface area contributed by atoms with Crippen LogP contribution in [-0.2, 0) is 18.4 Å². The number of unbranched alkanes of at least 4 members (excludes halogenated alkanes) is 35. The number of amides is 1. The predicted molar refractivity (Wildman–Crippen MR) is 266 cm³/mol. The van der Waals surface area contributed by atoms with Crippen molar-refractivity contribution in [1.82, 2.24) is 5.32 Å². The van der Waals surface area contributed by atoms with Crippen LogP contribution in [0.2, 0.25) is 0 Å². The molecule has 0 spiro atoms. The second-order valence-electron chi connectivity index (χ2n) is 19.9. The molecule has 0 fully saturated rings. The lowest BCUT2D eigenvalue weighted by molar-refractivity contribution is -0.870.